The average Bonchev–Trinajstić information content (AvgIpc) is 2.44. The normalized spacial score (nSPS) is 44.1. The van der Waals surface area contributed by atoms with Crippen molar-refractivity contribution in [1.82, 2.24) is 3.53 Å². The first-order chi connectivity index (χ1) is 5.20. The summed E-state index contributed by atoms with van der Waals surface area (Å²) in [5.41, 5.74) is 0. The Balaban J connectivity index is 2.07. The molecule has 1 saturated heterocycles. The third-order valence-corrected chi connectivity index (χ3v) is 6.01. The molecule has 1 aliphatic carbocycles. The minimum absolute atomic E-state index is 0.0150. The van der Waals surface area contributed by atoms with E-state index in [2.05, 4.69) is 10.5 Å². The van der Waals surface area contributed by atoms with E-state index >= 15 is 0 Å². The van der Waals surface area contributed by atoms with E-state index in [1.165, 1.54) is 19.3 Å². The molecule has 0 radical (unpaired) electrons. The summed E-state index contributed by atoms with van der Waals surface area (Å²) in [5, 5.41) is 0. The molecule has 2 atom stereocenters. The van der Waals surface area contributed by atoms with Crippen LogP contribution in [0.25, 0.3) is 0 Å². The van der Waals surface area contributed by atoms with Gasteiger partial charge in [0.15, 0.2) is 0 Å². The molecule has 0 unspecified atom stereocenters. The molecule has 11 heavy (non-hydrogen) atoms. The van der Waals surface area contributed by atoms with Crippen molar-refractivity contribution in [2.24, 2.45) is 5.92 Å². The zero-order valence-electron chi connectivity index (χ0n) is 6.69. The molecule has 2 aliphatic rings. The van der Waals surface area contributed by atoms with Crippen LogP contribution in [0.15, 0.2) is 0 Å². The number of alkyl halides is 1. The second kappa shape index (κ2) is 2.61. The summed E-state index contributed by atoms with van der Waals surface area (Å²) < 4.78 is 3.53. The molecule has 0 aromatic heterocycles. The predicted octanol–water partition coefficient (Wildman–Crippen LogP) is -1.93. The van der Waals surface area contributed by atoms with Crippen LogP contribution in [0.4, 0.5) is 0 Å². The fourth-order valence-electron chi connectivity index (χ4n) is 2.09. The van der Waals surface area contributed by atoms with Crippen molar-refractivity contribution >= 4 is 5.91 Å². The third kappa shape index (κ3) is 1.39. The maximum absolute atomic E-state index is 11.0. The molecule has 1 N–H and O–H groups in total. The number of halogens is 1. The molecule has 64 valence electrons. The summed E-state index contributed by atoms with van der Waals surface area (Å²) in [4.78, 5) is 11.0. The molecule has 0 aromatic carbocycles. The number of carbonyl (C=O) groups is 1. The standard InChI is InChI=1S/C8H13INO/c1-6-2-3-8(4-6)5-7(11)10-9-8/h6H,2-5H2,1H3,(H,10,11)/q-1/t6-,8+/m1/s1. The van der Waals surface area contributed by atoms with Gasteiger partial charge >= 0.3 is 77.7 Å². The van der Waals surface area contributed by atoms with Gasteiger partial charge in [0.25, 0.3) is 0 Å². The second-order valence-electron chi connectivity index (χ2n) is 3.79. The Bertz CT molecular complexity index is 195. The summed E-state index contributed by atoms with van der Waals surface area (Å²) in [5.74, 6) is 1.18. The van der Waals surface area contributed by atoms with Crippen molar-refractivity contribution in [1.29, 1.82) is 0 Å². The Morgan fingerprint density at radius 1 is 1.73 bits per heavy atom. The van der Waals surface area contributed by atoms with Crippen LogP contribution in [0.1, 0.15) is 32.6 Å². The molecule has 1 heterocycles. The Kier molecular flexibility index (Phi) is 1.85. The maximum atomic E-state index is 11.0. The third-order valence-electron chi connectivity index (χ3n) is 2.63. The molecule has 1 aliphatic heterocycles. The van der Waals surface area contributed by atoms with Crippen molar-refractivity contribution in [3.63, 3.8) is 0 Å². The molecule has 3 heteroatoms. The SMILES string of the molecule is C[C@@H]1CC[C@@]2(CC(=O)N[I-]2)C1. The van der Waals surface area contributed by atoms with Gasteiger partial charge in [-0.05, 0) is 0 Å². The molecule has 1 saturated carbocycles. The molecule has 2 rings (SSSR count). The number of nitrogens with one attached hydrogen (secondary N) is 1. The number of hydrogen-bond acceptors (Lipinski definition) is 1. The van der Waals surface area contributed by atoms with Gasteiger partial charge in [-0.25, -0.2) is 0 Å². The van der Waals surface area contributed by atoms with E-state index in [1.807, 2.05) is 0 Å². The van der Waals surface area contributed by atoms with E-state index in [0.717, 1.165) is 12.3 Å². The van der Waals surface area contributed by atoms with Gasteiger partial charge in [0.1, 0.15) is 0 Å². The van der Waals surface area contributed by atoms with Gasteiger partial charge < -0.3 is 0 Å². The molecular weight excluding hydrogens is 253 g/mol. The monoisotopic (exact) mass is 266 g/mol. The van der Waals surface area contributed by atoms with Gasteiger partial charge in [-0.2, -0.15) is 0 Å². The van der Waals surface area contributed by atoms with Crippen molar-refractivity contribution < 1.29 is 26.3 Å². The first-order valence-corrected chi connectivity index (χ1v) is 6.30. The first-order valence-electron chi connectivity index (χ1n) is 4.14. The Labute approximate surface area is 77.7 Å². The molecule has 0 bridgehead atoms. The predicted molar refractivity (Wildman–Crippen MR) is 38.5 cm³/mol. The van der Waals surface area contributed by atoms with Gasteiger partial charge in [0.2, 0.25) is 0 Å². The molecular formula is C8H13INO-. The summed E-state index contributed by atoms with van der Waals surface area (Å²) in [7, 11) is 0. The summed E-state index contributed by atoms with van der Waals surface area (Å²) in [6.07, 6.45) is 4.79. The van der Waals surface area contributed by atoms with Crippen molar-refractivity contribution in [3.8, 4) is 0 Å². The number of amides is 1. The fraction of sp³-hybridized carbons (Fsp3) is 0.875. The summed E-state index contributed by atoms with van der Waals surface area (Å²) in [6, 6.07) is 0. The zero-order valence-corrected chi connectivity index (χ0v) is 8.85. The summed E-state index contributed by atoms with van der Waals surface area (Å²) >= 11 is -0.0150. The zero-order chi connectivity index (χ0) is 7.90. The van der Waals surface area contributed by atoms with E-state index in [0.29, 0.717) is 9.33 Å². The van der Waals surface area contributed by atoms with Crippen molar-refractivity contribution in [3.05, 3.63) is 0 Å². The minimum atomic E-state index is -0.0150. The first kappa shape index (κ1) is 7.83. The van der Waals surface area contributed by atoms with Gasteiger partial charge in [0, 0.05) is 0 Å². The van der Waals surface area contributed by atoms with Crippen LogP contribution in [-0.2, 0) is 4.79 Å². The van der Waals surface area contributed by atoms with E-state index in [9.17, 15) is 4.79 Å². The Hall–Kier alpha value is 0.200. The second-order valence-corrected chi connectivity index (χ2v) is 7.15. The number of hydrogen-bond donors (Lipinski definition) is 1. The Morgan fingerprint density at radius 3 is 3.00 bits per heavy atom. The van der Waals surface area contributed by atoms with Crippen molar-refractivity contribution in [2.45, 2.75) is 36.0 Å². The molecule has 1 amide bonds. The van der Waals surface area contributed by atoms with Gasteiger partial charge in [0.05, 0.1) is 0 Å². The van der Waals surface area contributed by atoms with E-state index < -0.39 is 0 Å². The number of rotatable bonds is 0. The molecule has 1 spiro atoms. The topological polar surface area (TPSA) is 29.1 Å². The van der Waals surface area contributed by atoms with Gasteiger partial charge in [-0.1, -0.05) is 0 Å². The van der Waals surface area contributed by atoms with Crippen LogP contribution in [0, 0.1) is 5.92 Å². The number of carbonyl (C=O) groups excluding carboxylic acids is 1. The van der Waals surface area contributed by atoms with Gasteiger partial charge in [-0.15, -0.1) is 0 Å². The van der Waals surface area contributed by atoms with Crippen LogP contribution < -0.4 is 25.0 Å². The van der Waals surface area contributed by atoms with Crippen LogP contribution in [0.3, 0.4) is 0 Å². The Morgan fingerprint density at radius 2 is 2.55 bits per heavy atom. The van der Waals surface area contributed by atoms with Crippen LogP contribution in [0.2, 0.25) is 0 Å². The van der Waals surface area contributed by atoms with Crippen LogP contribution in [-0.4, -0.2) is 9.33 Å². The van der Waals surface area contributed by atoms with E-state index in [1.54, 1.807) is 0 Å². The van der Waals surface area contributed by atoms with Crippen LogP contribution in [0.5, 0.6) is 0 Å². The average molecular weight is 266 g/mol. The molecule has 2 nitrogen and oxygen atoms in total. The fourth-order valence-corrected chi connectivity index (χ4v) is 5.24. The van der Waals surface area contributed by atoms with E-state index in [-0.39, 0.29) is 21.5 Å². The summed E-state index contributed by atoms with van der Waals surface area (Å²) in [6.45, 7) is 2.31. The van der Waals surface area contributed by atoms with Crippen molar-refractivity contribution in [2.75, 3.05) is 0 Å². The van der Waals surface area contributed by atoms with Crippen LogP contribution >= 0.6 is 0 Å². The van der Waals surface area contributed by atoms with Gasteiger partial charge in [-0.3, -0.25) is 0 Å². The van der Waals surface area contributed by atoms with E-state index in [4.69, 9.17) is 0 Å². The molecule has 0 aromatic rings. The molecule has 2 fully saturated rings. The quantitative estimate of drug-likeness (QED) is 0.309.